The molecule has 0 spiro atoms. The van der Waals surface area contributed by atoms with Crippen molar-refractivity contribution in [1.29, 1.82) is 0 Å². The van der Waals surface area contributed by atoms with E-state index >= 15 is 0 Å². The summed E-state index contributed by atoms with van der Waals surface area (Å²) in [5.41, 5.74) is 4.01. The van der Waals surface area contributed by atoms with E-state index < -0.39 is 0 Å². The van der Waals surface area contributed by atoms with Crippen LogP contribution in [0.4, 0.5) is 4.39 Å². The standard InChI is InChI=1S/C19H21FN4/c1-22-10-12-23(13-11-22)14-17-19(15-5-7-16(20)8-6-15)21-18-4-2-3-9-24(17)18/h2-9H,10-14H2,1H3. The minimum Gasteiger partial charge on any atom is -0.304 e. The van der Waals surface area contributed by atoms with Crippen LogP contribution in [0.5, 0.6) is 0 Å². The van der Waals surface area contributed by atoms with Gasteiger partial charge in [-0.25, -0.2) is 9.37 Å². The highest BCUT2D eigenvalue weighted by molar-refractivity contribution is 5.66. The molecule has 4 nitrogen and oxygen atoms in total. The zero-order chi connectivity index (χ0) is 16.5. The lowest BCUT2D eigenvalue weighted by Crippen LogP contribution is -2.44. The van der Waals surface area contributed by atoms with Crippen LogP contribution in [0, 0.1) is 5.82 Å². The average molecular weight is 324 g/mol. The summed E-state index contributed by atoms with van der Waals surface area (Å²) >= 11 is 0. The van der Waals surface area contributed by atoms with Crippen molar-refractivity contribution >= 4 is 5.65 Å². The van der Waals surface area contributed by atoms with Gasteiger partial charge in [0.05, 0.1) is 11.4 Å². The molecule has 5 heteroatoms. The molecule has 0 bridgehead atoms. The number of rotatable bonds is 3. The van der Waals surface area contributed by atoms with Crippen LogP contribution in [-0.4, -0.2) is 52.4 Å². The van der Waals surface area contributed by atoms with Crippen molar-refractivity contribution in [3.05, 3.63) is 60.2 Å². The number of piperazine rings is 1. The topological polar surface area (TPSA) is 23.8 Å². The van der Waals surface area contributed by atoms with Crippen molar-refractivity contribution in [3.63, 3.8) is 0 Å². The molecule has 0 saturated carbocycles. The molecule has 0 unspecified atom stereocenters. The number of hydrogen-bond acceptors (Lipinski definition) is 3. The van der Waals surface area contributed by atoms with E-state index in [1.807, 2.05) is 30.3 Å². The molecule has 0 atom stereocenters. The van der Waals surface area contributed by atoms with Crippen LogP contribution in [0.1, 0.15) is 5.69 Å². The summed E-state index contributed by atoms with van der Waals surface area (Å²) in [6.45, 7) is 5.13. The molecular weight excluding hydrogens is 303 g/mol. The van der Waals surface area contributed by atoms with Crippen LogP contribution < -0.4 is 0 Å². The largest absolute Gasteiger partial charge is 0.304 e. The van der Waals surface area contributed by atoms with Gasteiger partial charge < -0.3 is 9.30 Å². The number of likely N-dealkylation sites (N-methyl/N-ethyl adjacent to an activating group) is 1. The van der Waals surface area contributed by atoms with E-state index in [0.29, 0.717) is 0 Å². The SMILES string of the molecule is CN1CCN(Cc2c(-c3ccc(F)cc3)nc3ccccn23)CC1. The predicted octanol–water partition coefficient (Wildman–Crippen LogP) is 2.89. The molecule has 4 rings (SSSR count). The monoisotopic (exact) mass is 324 g/mol. The first-order valence-corrected chi connectivity index (χ1v) is 8.33. The van der Waals surface area contributed by atoms with Gasteiger partial charge in [-0.1, -0.05) is 6.07 Å². The van der Waals surface area contributed by atoms with E-state index in [-0.39, 0.29) is 5.82 Å². The zero-order valence-electron chi connectivity index (χ0n) is 13.8. The van der Waals surface area contributed by atoms with E-state index in [1.54, 1.807) is 0 Å². The second-order valence-corrected chi connectivity index (χ2v) is 6.42. The Bertz CT molecular complexity index is 832. The number of benzene rings is 1. The van der Waals surface area contributed by atoms with Gasteiger partial charge in [0.15, 0.2) is 0 Å². The molecular formula is C19H21FN4. The first-order chi connectivity index (χ1) is 11.7. The quantitative estimate of drug-likeness (QED) is 0.740. The molecule has 1 saturated heterocycles. The Balaban J connectivity index is 1.74. The normalized spacial score (nSPS) is 16.8. The lowest BCUT2D eigenvalue weighted by atomic mass is 10.1. The molecule has 24 heavy (non-hydrogen) atoms. The molecule has 1 aliphatic rings. The Hall–Kier alpha value is -2.24. The number of pyridine rings is 1. The van der Waals surface area contributed by atoms with Crippen LogP contribution in [0.2, 0.25) is 0 Å². The van der Waals surface area contributed by atoms with Crippen LogP contribution in [0.3, 0.4) is 0 Å². The van der Waals surface area contributed by atoms with Crippen molar-refractivity contribution in [2.45, 2.75) is 6.54 Å². The third kappa shape index (κ3) is 2.92. The summed E-state index contributed by atoms with van der Waals surface area (Å²) in [6, 6.07) is 12.7. The third-order valence-electron chi connectivity index (χ3n) is 4.72. The van der Waals surface area contributed by atoms with Crippen molar-refractivity contribution in [2.24, 2.45) is 0 Å². The van der Waals surface area contributed by atoms with E-state index in [9.17, 15) is 4.39 Å². The summed E-state index contributed by atoms with van der Waals surface area (Å²) in [5.74, 6) is -0.219. The molecule has 3 heterocycles. The maximum Gasteiger partial charge on any atom is 0.137 e. The van der Waals surface area contributed by atoms with Gasteiger partial charge in [0.1, 0.15) is 11.5 Å². The van der Waals surface area contributed by atoms with Crippen molar-refractivity contribution in [3.8, 4) is 11.3 Å². The van der Waals surface area contributed by atoms with Crippen LogP contribution in [0.25, 0.3) is 16.9 Å². The third-order valence-corrected chi connectivity index (χ3v) is 4.72. The molecule has 124 valence electrons. The van der Waals surface area contributed by atoms with Gasteiger partial charge in [0.25, 0.3) is 0 Å². The van der Waals surface area contributed by atoms with Gasteiger partial charge in [-0.05, 0) is 43.4 Å². The molecule has 3 aromatic rings. The van der Waals surface area contributed by atoms with E-state index in [4.69, 9.17) is 4.98 Å². The molecule has 2 aromatic heterocycles. The molecule has 1 fully saturated rings. The first kappa shape index (κ1) is 15.3. The Kier molecular flexibility index (Phi) is 4.04. The zero-order valence-corrected chi connectivity index (χ0v) is 13.8. The molecule has 0 radical (unpaired) electrons. The van der Waals surface area contributed by atoms with Crippen molar-refractivity contribution in [2.75, 3.05) is 33.2 Å². The summed E-state index contributed by atoms with van der Waals surface area (Å²) in [7, 11) is 2.16. The fourth-order valence-electron chi connectivity index (χ4n) is 3.25. The first-order valence-electron chi connectivity index (χ1n) is 8.33. The number of nitrogens with zero attached hydrogens (tertiary/aromatic N) is 4. The fraction of sp³-hybridized carbons (Fsp3) is 0.316. The van der Waals surface area contributed by atoms with Gasteiger partial charge >= 0.3 is 0 Å². The second-order valence-electron chi connectivity index (χ2n) is 6.42. The summed E-state index contributed by atoms with van der Waals surface area (Å²) in [4.78, 5) is 9.61. The summed E-state index contributed by atoms with van der Waals surface area (Å²) in [5, 5.41) is 0. The Morgan fingerprint density at radius 1 is 1.00 bits per heavy atom. The minimum atomic E-state index is -0.219. The lowest BCUT2D eigenvalue weighted by Gasteiger charge is -2.32. The number of fused-ring (bicyclic) bond motifs is 1. The molecule has 0 N–H and O–H groups in total. The second kappa shape index (κ2) is 6.34. The maximum absolute atomic E-state index is 13.3. The maximum atomic E-state index is 13.3. The van der Waals surface area contributed by atoms with E-state index in [0.717, 1.165) is 49.6 Å². The molecule has 1 aliphatic heterocycles. The van der Waals surface area contributed by atoms with Gasteiger partial charge in [-0.15, -0.1) is 0 Å². The van der Waals surface area contributed by atoms with E-state index in [1.165, 1.54) is 17.8 Å². The highest BCUT2D eigenvalue weighted by Gasteiger charge is 2.19. The summed E-state index contributed by atoms with van der Waals surface area (Å²) in [6.07, 6.45) is 2.06. The Morgan fingerprint density at radius 3 is 2.50 bits per heavy atom. The molecule has 0 amide bonds. The fourth-order valence-corrected chi connectivity index (χ4v) is 3.25. The van der Waals surface area contributed by atoms with Crippen molar-refractivity contribution in [1.82, 2.24) is 19.2 Å². The molecule has 1 aromatic carbocycles. The Labute approximate surface area is 141 Å². The minimum absolute atomic E-state index is 0.219. The number of hydrogen-bond donors (Lipinski definition) is 0. The van der Waals surface area contributed by atoms with E-state index in [2.05, 4.69) is 27.4 Å². The summed E-state index contributed by atoms with van der Waals surface area (Å²) < 4.78 is 15.4. The predicted molar refractivity (Wildman–Crippen MR) is 93.4 cm³/mol. The number of imidazole rings is 1. The van der Waals surface area contributed by atoms with Gasteiger partial charge in [0.2, 0.25) is 0 Å². The number of halogens is 1. The average Bonchev–Trinajstić information content (AvgIpc) is 2.96. The van der Waals surface area contributed by atoms with Crippen LogP contribution >= 0.6 is 0 Å². The van der Waals surface area contributed by atoms with Crippen LogP contribution in [0.15, 0.2) is 48.7 Å². The Morgan fingerprint density at radius 2 is 1.75 bits per heavy atom. The van der Waals surface area contributed by atoms with Gasteiger partial charge in [0, 0.05) is 44.5 Å². The van der Waals surface area contributed by atoms with Gasteiger partial charge in [-0.2, -0.15) is 0 Å². The smallest absolute Gasteiger partial charge is 0.137 e. The number of aromatic nitrogens is 2. The van der Waals surface area contributed by atoms with Gasteiger partial charge in [-0.3, -0.25) is 4.90 Å². The van der Waals surface area contributed by atoms with Crippen molar-refractivity contribution < 1.29 is 4.39 Å². The molecule has 0 aliphatic carbocycles. The van der Waals surface area contributed by atoms with Crippen LogP contribution in [-0.2, 0) is 6.54 Å². The lowest BCUT2D eigenvalue weighted by molar-refractivity contribution is 0.147. The highest BCUT2D eigenvalue weighted by atomic mass is 19.1. The highest BCUT2D eigenvalue weighted by Crippen LogP contribution is 2.26.